The van der Waals surface area contributed by atoms with Gasteiger partial charge in [0, 0.05) is 13.1 Å². The number of carbonyl (C=O) groups excluding carboxylic acids is 1. The van der Waals surface area contributed by atoms with Crippen molar-refractivity contribution < 1.29 is 9.53 Å². The molecule has 0 fully saturated rings. The fourth-order valence-corrected chi connectivity index (χ4v) is 2.80. The van der Waals surface area contributed by atoms with E-state index in [1.54, 1.807) is 19.2 Å². The van der Waals surface area contributed by atoms with E-state index in [2.05, 4.69) is 46.0 Å². The van der Waals surface area contributed by atoms with E-state index in [4.69, 9.17) is 4.74 Å². The van der Waals surface area contributed by atoms with Crippen LogP contribution in [0.2, 0.25) is 0 Å². The Balaban J connectivity index is 1.47. The van der Waals surface area contributed by atoms with E-state index in [0.29, 0.717) is 31.0 Å². The number of rotatable bonds is 8. The molecule has 0 aliphatic heterocycles. The van der Waals surface area contributed by atoms with E-state index in [0.717, 1.165) is 11.3 Å². The number of hydrogen-bond acceptors (Lipinski definition) is 5. The number of aromatic nitrogens is 2. The van der Waals surface area contributed by atoms with Crippen LogP contribution in [0.1, 0.15) is 27.2 Å². The van der Waals surface area contributed by atoms with Gasteiger partial charge in [-0.2, -0.15) is 0 Å². The molecular weight excluding hydrogens is 352 g/mol. The first-order valence-electron chi connectivity index (χ1n) is 9.18. The zero-order chi connectivity index (χ0) is 19.8. The Kier molecular flexibility index (Phi) is 6.57. The van der Waals surface area contributed by atoms with E-state index < -0.39 is 0 Å². The minimum atomic E-state index is -0.236. The minimum Gasteiger partial charge on any atom is -0.497 e. The summed E-state index contributed by atoms with van der Waals surface area (Å²) >= 11 is 0. The van der Waals surface area contributed by atoms with Crippen LogP contribution >= 0.6 is 0 Å². The topological polar surface area (TPSA) is 76.1 Å². The van der Waals surface area contributed by atoms with Crippen LogP contribution in [-0.2, 0) is 13.0 Å². The van der Waals surface area contributed by atoms with Gasteiger partial charge in [-0.3, -0.25) is 4.79 Å². The lowest BCUT2D eigenvalue weighted by Crippen LogP contribution is -2.26. The SMILES string of the molecule is COc1cccc(CCNC(=O)c2ccc(NCc3cccc(C)c3)nn2)c1. The summed E-state index contributed by atoms with van der Waals surface area (Å²) < 4.78 is 5.21. The van der Waals surface area contributed by atoms with Gasteiger partial charge < -0.3 is 15.4 Å². The van der Waals surface area contributed by atoms with Crippen LogP contribution in [0.4, 0.5) is 5.82 Å². The van der Waals surface area contributed by atoms with E-state index in [1.807, 2.05) is 30.3 Å². The molecule has 0 aliphatic rings. The van der Waals surface area contributed by atoms with Crippen molar-refractivity contribution in [1.82, 2.24) is 15.5 Å². The van der Waals surface area contributed by atoms with Gasteiger partial charge in [0.2, 0.25) is 0 Å². The van der Waals surface area contributed by atoms with E-state index in [9.17, 15) is 4.79 Å². The molecule has 28 heavy (non-hydrogen) atoms. The largest absolute Gasteiger partial charge is 0.497 e. The highest BCUT2D eigenvalue weighted by molar-refractivity contribution is 5.92. The van der Waals surface area contributed by atoms with Gasteiger partial charge in [-0.15, -0.1) is 10.2 Å². The summed E-state index contributed by atoms with van der Waals surface area (Å²) in [7, 11) is 1.64. The van der Waals surface area contributed by atoms with Gasteiger partial charge in [0.15, 0.2) is 5.69 Å². The molecule has 6 heteroatoms. The van der Waals surface area contributed by atoms with Crippen LogP contribution in [-0.4, -0.2) is 29.8 Å². The molecule has 0 saturated heterocycles. The van der Waals surface area contributed by atoms with Crippen LogP contribution in [0.25, 0.3) is 0 Å². The van der Waals surface area contributed by atoms with Crippen molar-refractivity contribution in [3.05, 3.63) is 83.0 Å². The Bertz CT molecular complexity index is 926. The Labute approximate surface area is 165 Å². The number of hydrogen-bond donors (Lipinski definition) is 2. The molecule has 1 heterocycles. The van der Waals surface area contributed by atoms with Gasteiger partial charge in [0.1, 0.15) is 11.6 Å². The maximum atomic E-state index is 12.2. The zero-order valence-corrected chi connectivity index (χ0v) is 16.1. The maximum absolute atomic E-state index is 12.2. The number of nitrogens with one attached hydrogen (secondary N) is 2. The molecule has 2 aromatic carbocycles. The highest BCUT2D eigenvalue weighted by atomic mass is 16.5. The van der Waals surface area contributed by atoms with Crippen molar-refractivity contribution in [3.8, 4) is 5.75 Å². The molecule has 0 radical (unpaired) electrons. The fourth-order valence-electron chi connectivity index (χ4n) is 2.80. The molecule has 1 aromatic heterocycles. The summed E-state index contributed by atoms with van der Waals surface area (Å²) in [5.74, 6) is 1.21. The second-order valence-electron chi connectivity index (χ2n) is 6.50. The van der Waals surface area contributed by atoms with Crippen molar-refractivity contribution in [2.75, 3.05) is 19.0 Å². The monoisotopic (exact) mass is 376 g/mol. The first-order chi connectivity index (χ1) is 13.6. The second kappa shape index (κ2) is 9.50. The Morgan fingerprint density at radius 1 is 1.00 bits per heavy atom. The molecule has 0 unspecified atom stereocenters. The van der Waals surface area contributed by atoms with Gasteiger partial charge in [-0.1, -0.05) is 42.0 Å². The Morgan fingerprint density at radius 3 is 2.57 bits per heavy atom. The van der Waals surface area contributed by atoms with Crippen molar-refractivity contribution in [1.29, 1.82) is 0 Å². The van der Waals surface area contributed by atoms with Crippen molar-refractivity contribution in [2.45, 2.75) is 19.9 Å². The Hall–Kier alpha value is -3.41. The lowest BCUT2D eigenvalue weighted by Gasteiger charge is -2.08. The van der Waals surface area contributed by atoms with Crippen LogP contribution in [0.15, 0.2) is 60.7 Å². The molecule has 0 aliphatic carbocycles. The summed E-state index contributed by atoms with van der Waals surface area (Å²) in [6, 6.07) is 19.5. The average molecular weight is 376 g/mol. The third-order valence-electron chi connectivity index (χ3n) is 4.29. The molecule has 0 atom stereocenters. The van der Waals surface area contributed by atoms with E-state index in [-0.39, 0.29) is 5.91 Å². The van der Waals surface area contributed by atoms with Crippen LogP contribution in [0.3, 0.4) is 0 Å². The van der Waals surface area contributed by atoms with Gasteiger partial charge in [-0.05, 0) is 48.7 Å². The molecular formula is C22H24N4O2. The lowest BCUT2D eigenvalue weighted by atomic mass is 10.1. The number of methoxy groups -OCH3 is 1. The molecule has 144 valence electrons. The molecule has 6 nitrogen and oxygen atoms in total. The summed E-state index contributed by atoms with van der Waals surface area (Å²) in [5, 5.41) is 14.2. The molecule has 3 rings (SSSR count). The summed E-state index contributed by atoms with van der Waals surface area (Å²) in [5.41, 5.74) is 3.78. The highest BCUT2D eigenvalue weighted by Crippen LogP contribution is 2.12. The van der Waals surface area contributed by atoms with Crippen molar-refractivity contribution >= 4 is 11.7 Å². The van der Waals surface area contributed by atoms with Gasteiger partial charge in [-0.25, -0.2) is 0 Å². The third kappa shape index (κ3) is 5.54. The lowest BCUT2D eigenvalue weighted by molar-refractivity contribution is 0.0948. The normalized spacial score (nSPS) is 10.4. The predicted molar refractivity (Wildman–Crippen MR) is 110 cm³/mol. The van der Waals surface area contributed by atoms with Crippen molar-refractivity contribution in [2.24, 2.45) is 0 Å². The first kappa shape index (κ1) is 19.4. The number of nitrogens with zero attached hydrogens (tertiary/aromatic N) is 2. The average Bonchev–Trinajstić information content (AvgIpc) is 2.73. The summed E-state index contributed by atoms with van der Waals surface area (Å²) in [6.45, 7) is 3.23. The van der Waals surface area contributed by atoms with Gasteiger partial charge >= 0.3 is 0 Å². The molecule has 3 aromatic rings. The molecule has 0 spiro atoms. The number of benzene rings is 2. The summed E-state index contributed by atoms with van der Waals surface area (Å²) in [4.78, 5) is 12.2. The van der Waals surface area contributed by atoms with Gasteiger partial charge in [0.05, 0.1) is 7.11 Å². The Morgan fingerprint density at radius 2 is 1.82 bits per heavy atom. The van der Waals surface area contributed by atoms with Crippen LogP contribution in [0, 0.1) is 6.92 Å². The van der Waals surface area contributed by atoms with E-state index in [1.165, 1.54) is 11.1 Å². The number of amides is 1. The highest BCUT2D eigenvalue weighted by Gasteiger charge is 2.08. The fraction of sp³-hybridized carbons (Fsp3) is 0.227. The predicted octanol–water partition coefficient (Wildman–Crippen LogP) is 3.38. The number of ether oxygens (including phenoxy) is 1. The second-order valence-corrected chi connectivity index (χ2v) is 6.50. The first-order valence-corrected chi connectivity index (χ1v) is 9.18. The van der Waals surface area contributed by atoms with Crippen molar-refractivity contribution in [3.63, 3.8) is 0 Å². The van der Waals surface area contributed by atoms with Gasteiger partial charge in [0.25, 0.3) is 5.91 Å². The van der Waals surface area contributed by atoms with E-state index >= 15 is 0 Å². The standard InChI is InChI=1S/C22H24N4O2/c1-16-5-3-7-18(13-16)15-24-21-10-9-20(25-26-21)22(27)23-12-11-17-6-4-8-19(14-17)28-2/h3-10,13-14H,11-12,15H2,1-2H3,(H,23,27)(H,24,26). The summed E-state index contributed by atoms with van der Waals surface area (Å²) in [6.07, 6.45) is 0.715. The molecule has 2 N–H and O–H groups in total. The number of anilines is 1. The minimum absolute atomic E-state index is 0.236. The quantitative estimate of drug-likeness (QED) is 0.630. The number of carbonyl (C=O) groups is 1. The van der Waals surface area contributed by atoms with Crippen LogP contribution < -0.4 is 15.4 Å². The number of aryl methyl sites for hydroxylation is 1. The molecule has 0 saturated carbocycles. The smallest absolute Gasteiger partial charge is 0.271 e. The molecule has 0 bridgehead atoms. The third-order valence-corrected chi connectivity index (χ3v) is 4.29. The molecule has 1 amide bonds. The zero-order valence-electron chi connectivity index (χ0n) is 16.1. The van der Waals surface area contributed by atoms with Crippen LogP contribution in [0.5, 0.6) is 5.75 Å². The maximum Gasteiger partial charge on any atom is 0.271 e.